The van der Waals surface area contributed by atoms with Crippen molar-refractivity contribution in [3.8, 4) is 0 Å². The molecule has 6 heteroatoms. The summed E-state index contributed by atoms with van der Waals surface area (Å²) in [7, 11) is 1.93. The first-order chi connectivity index (χ1) is 11.8. The van der Waals surface area contributed by atoms with Gasteiger partial charge < -0.3 is 9.80 Å². The van der Waals surface area contributed by atoms with E-state index in [1.165, 1.54) is 10.3 Å². The third kappa shape index (κ3) is 3.78. The van der Waals surface area contributed by atoms with E-state index in [1.807, 2.05) is 32.7 Å². The standard InChI is InChI=1S/C19H28N4OS/c1-13-11-25-16-15(13)20-12-21-17(16)23-8-6-14(7-9-23)10-22(5)18(24)19(2,3)4/h11-12,14H,6-10H2,1-5H3. The predicted molar refractivity (Wildman–Crippen MR) is 104 cm³/mol. The van der Waals surface area contributed by atoms with E-state index in [0.717, 1.165) is 43.8 Å². The number of thiophene rings is 1. The van der Waals surface area contributed by atoms with Gasteiger partial charge >= 0.3 is 0 Å². The van der Waals surface area contributed by atoms with Crippen molar-refractivity contribution in [2.45, 2.75) is 40.5 Å². The number of nitrogens with zero attached hydrogens (tertiary/aromatic N) is 4. The van der Waals surface area contributed by atoms with E-state index >= 15 is 0 Å². The molecule has 3 heterocycles. The minimum Gasteiger partial charge on any atom is -0.355 e. The molecule has 0 atom stereocenters. The zero-order valence-corrected chi connectivity index (χ0v) is 16.7. The Morgan fingerprint density at radius 1 is 1.32 bits per heavy atom. The number of hydrogen-bond donors (Lipinski definition) is 0. The van der Waals surface area contributed by atoms with E-state index < -0.39 is 0 Å². The maximum absolute atomic E-state index is 12.4. The van der Waals surface area contributed by atoms with Crippen LogP contribution in [-0.4, -0.2) is 47.5 Å². The summed E-state index contributed by atoms with van der Waals surface area (Å²) in [6, 6.07) is 0. The van der Waals surface area contributed by atoms with E-state index in [4.69, 9.17) is 0 Å². The van der Waals surface area contributed by atoms with Crippen LogP contribution in [0.2, 0.25) is 0 Å². The summed E-state index contributed by atoms with van der Waals surface area (Å²) in [5, 5.41) is 2.16. The Morgan fingerprint density at radius 2 is 2.00 bits per heavy atom. The average Bonchev–Trinajstić information content (AvgIpc) is 2.95. The quantitative estimate of drug-likeness (QED) is 0.837. The highest BCUT2D eigenvalue weighted by atomic mass is 32.1. The predicted octanol–water partition coefficient (Wildman–Crippen LogP) is 3.72. The third-order valence-corrected chi connectivity index (χ3v) is 6.03. The first-order valence-electron chi connectivity index (χ1n) is 8.96. The first kappa shape index (κ1) is 18.1. The molecular weight excluding hydrogens is 332 g/mol. The van der Waals surface area contributed by atoms with Gasteiger partial charge in [-0.15, -0.1) is 11.3 Å². The fourth-order valence-electron chi connectivity index (χ4n) is 3.55. The zero-order chi connectivity index (χ0) is 18.2. The highest BCUT2D eigenvalue weighted by Crippen LogP contribution is 2.33. The molecule has 0 aliphatic carbocycles. The molecule has 1 aliphatic rings. The number of rotatable bonds is 3. The largest absolute Gasteiger partial charge is 0.355 e. The molecule has 0 N–H and O–H groups in total. The summed E-state index contributed by atoms with van der Waals surface area (Å²) in [6.45, 7) is 10.9. The number of fused-ring (bicyclic) bond motifs is 1. The van der Waals surface area contributed by atoms with Gasteiger partial charge in [0.15, 0.2) is 0 Å². The van der Waals surface area contributed by atoms with Crippen molar-refractivity contribution < 1.29 is 4.79 Å². The van der Waals surface area contributed by atoms with Crippen molar-refractivity contribution in [2.24, 2.45) is 11.3 Å². The lowest BCUT2D eigenvalue weighted by molar-refractivity contribution is -0.138. The summed E-state index contributed by atoms with van der Waals surface area (Å²) in [4.78, 5) is 25.6. The lowest BCUT2D eigenvalue weighted by Crippen LogP contribution is -2.43. The van der Waals surface area contributed by atoms with Crippen LogP contribution < -0.4 is 4.90 Å². The van der Waals surface area contributed by atoms with Crippen LogP contribution in [0.3, 0.4) is 0 Å². The molecule has 0 bridgehead atoms. The molecule has 0 aromatic carbocycles. The van der Waals surface area contributed by atoms with E-state index in [0.29, 0.717) is 5.92 Å². The van der Waals surface area contributed by atoms with Gasteiger partial charge in [0.25, 0.3) is 0 Å². The Morgan fingerprint density at radius 3 is 2.64 bits per heavy atom. The molecule has 0 unspecified atom stereocenters. The number of carbonyl (C=O) groups excluding carboxylic acids is 1. The SMILES string of the molecule is Cc1csc2c(N3CCC(CN(C)C(=O)C(C)(C)C)CC3)ncnc12. The van der Waals surface area contributed by atoms with Crippen molar-refractivity contribution in [1.82, 2.24) is 14.9 Å². The van der Waals surface area contributed by atoms with Gasteiger partial charge in [-0.3, -0.25) is 4.79 Å². The fraction of sp³-hybridized carbons (Fsp3) is 0.632. The van der Waals surface area contributed by atoms with Crippen LogP contribution in [0.1, 0.15) is 39.2 Å². The number of carbonyl (C=O) groups is 1. The summed E-state index contributed by atoms with van der Waals surface area (Å²) < 4.78 is 1.19. The van der Waals surface area contributed by atoms with Gasteiger partial charge in [0.2, 0.25) is 5.91 Å². The lowest BCUT2D eigenvalue weighted by atomic mass is 9.92. The Labute approximate surface area is 154 Å². The van der Waals surface area contributed by atoms with Crippen LogP contribution >= 0.6 is 11.3 Å². The molecule has 1 aliphatic heterocycles. The van der Waals surface area contributed by atoms with Crippen LogP contribution in [-0.2, 0) is 4.79 Å². The second-order valence-electron chi connectivity index (χ2n) is 8.16. The number of aromatic nitrogens is 2. The summed E-state index contributed by atoms with van der Waals surface area (Å²) in [5.74, 6) is 1.86. The van der Waals surface area contributed by atoms with E-state index in [2.05, 4.69) is 27.2 Å². The number of amides is 1. The van der Waals surface area contributed by atoms with Crippen LogP contribution in [0.4, 0.5) is 5.82 Å². The Hall–Kier alpha value is -1.69. The third-order valence-electron chi connectivity index (χ3n) is 4.95. The molecule has 2 aromatic heterocycles. The van der Waals surface area contributed by atoms with Gasteiger partial charge in [0.1, 0.15) is 12.1 Å². The van der Waals surface area contributed by atoms with Gasteiger partial charge in [-0.25, -0.2) is 9.97 Å². The maximum Gasteiger partial charge on any atom is 0.227 e. The van der Waals surface area contributed by atoms with Crippen LogP contribution in [0.5, 0.6) is 0 Å². The van der Waals surface area contributed by atoms with Gasteiger partial charge in [-0.1, -0.05) is 20.8 Å². The normalized spacial score (nSPS) is 16.4. The molecule has 1 fully saturated rings. The van der Waals surface area contributed by atoms with Crippen molar-refractivity contribution in [2.75, 3.05) is 31.6 Å². The highest BCUT2D eigenvalue weighted by Gasteiger charge is 2.28. The monoisotopic (exact) mass is 360 g/mol. The van der Waals surface area contributed by atoms with E-state index in [9.17, 15) is 4.79 Å². The summed E-state index contributed by atoms with van der Waals surface area (Å²) >= 11 is 1.73. The second-order valence-corrected chi connectivity index (χ2v) is 9.04. The Balaban J connectivity index is 1.63. The van der Waals surface area contributed by atoms with Crippen LogP contribution in [0.15, 0.2) is 11.7 Å². The number of anilines is 1. The number of piperidine rings is 1. The minimum atomic E-state index is -0.306. The molecule has 0 saturated carbocycles. The molecular formula is C19H28N4OS. The van der Waals surface area contributed by atoms with E-state index in [-0.39, 0.29) is 11.3 Å². The van der Waals surface area contributed by atoms with Crippen LogP contribution in [0, 0.1) is 18.3 Å². The highest BCUT2D eigenvalue weighted by molar-refractivity contribution is 7.18. The van der Waals surface area contributed by atoms with Crippen molar-refractivity contribution >= 4 is 33.3 Å². The maximum atomic E-state index is 12.4. The Kier molecular flexibility index (Phi) is 5.00. The van der Waals surface area contributed by atoms with E-state index in [1.54, 1.807) is 17.7 Å². The van der Waals surface area contributed by atoms with Gasteiger partial charge in [0, 0.05) is 32.1 Å². The molecule has 0 radical (unpaired) electrons. The fourth-order valence-corrected chi connectivity index (χ4v) is 4.57. The molecule has 1 saturated heterocycles. The first-order valence-corrected chi connectivity index (χ1v) is 9.84. The topological polar surface area (TPSA) is 49.3 Å². The molecule has 3 rings (SSSR count). The van der Waals surface area contributed by atoms with Crippen molar-refractivity contribution in [3.05, 3.63) is 17.3 Å². The van der Waals surface area contributed by atoms with Crippen LogP contribution in [0.25, 0.3) is 10.2 Å². The van der Waals surface area contributed by atoms with Crippen molar-refractivity contribution in [3.63, 3.8) is 0 Å². The smallest absolute Gasteiger partial charge is 0.227 e. The number of aryl methyl sites for hydroxylation is 1. The average molecular weight is 361 g/mol. The van der Waals surface area contributed by atoms with Gasteiger partial charge in [-0.2, -0.15) is 0 Å². The zero-order valence-electron chi connectivity index (χ0n) is 15.9. The number of hydrogen-bond acceptors (Lipinski definition) is 5. The molecule has 2 aromatic rings. The lowest BCUT2D eigenvalue weighted by Gasteiger charge is -2.36. The van der Waals surface area contributed by atoms with Crippen molar-refractivity contribution in [1.29, 1.82) is 0 Å². The molecule has 5 nitrogen and oxygen atoms in total. The second kappa shape index (κ2) is 6.90. The van der Waals surface area contributed by atoms with Gasteiger partial charge in [-0.05, 0) is 36.6 Å². The Bertz CT molecular complexity index is 756. The summed E-state index contributed by atoms with van der Waals surface area (Å²) in [5.41, 5.74) is 1.99. The minimum absolute atomic E-state index is 0.224. The molecule has 25 heavy (non-hydrogen) atoms. The molecule has 136 valence electrons. The molecule has 1 amide bonds. The molecule has 0 spiro atoms. The summed E-state index contributed by atoms with van der Waals surface area (Å²) in [6.07, 6.45) is 3.87. The van der Waals surface area contributed by atoms with Gasteiger partial charge in [0.05, 0.1) is 10.2 Å².